The summed E-state index contributed by atoms with van der Waals surface area (Å²) in [7, 11) is -4.12. The smallest absolute Gasteiger partial charge is 0.266 e. The average molecular weight is 461 g/mol. The third kappa shape index (κ3) is 4.22. The minimum atomic E-state index is -4.12. The third-order valence-corrected chi connectivity index (χ3v) is 8.21. The van der Waals surface area contributed by atoms with Gasteiger partial charge in [-0.15, -0.1) is 11.3 Å². The predicted octanol–water partition coefficient (Wildman–Crippen LogP) is 2.99. The molecule has 2 aliphatic rings. The SMILES string of the molecule is O=S(=O)(Nc1nccs1)c1cc(Cl)c(NC[C@@H]2CCN3C(CO)CCC23)cc1F. The molecule has 2 fully saturated rings. The summed E-state index contributed by atoms with van der Waals surface area (Å²) < 4.78 is 41.7. The highest BCUT2D eigenvalue weighted by Crippen LogP contribution is 2.37. The summed E-state index contributed by atoms with van der Waals surface area (Å²) in [6, 6.07) is 2.88. The Balaban J connectivity index is 1.45. The standard InChI is InChI=1S/C18H22ClFN4O3S2/c19-13-7-17(29(26,27)23-18-21-4-6-28-18)14(20)8-15(13)22-9-11-3-5-24-12(10-25)1-2-16(11)24/h4,6-8,11-12,16,22,25H,1-3,5,9-10H2,(H,21,23)/t11-,12?,16?/m0/s1. The second kappa shape index (κ2) is 8.35. The Morgan fingerprint density at radius 1 is 1.34 bits per heavy atom. The lowest BCUT2D eigenvalue weighted by Gasteiger charge is -2.24. The van der Waals surface area contributed by atoms with Crippen LogP contribution < -0.4 is 10.0 Å². The fourth-order valence-corrected chi connectivity index (χ4v) is 6.49. The van der Waals surface area contributed by atoms with Gasteiger partial charge in [-0.3, -0.25) is 9.62 Å². The Morgan fingerprint density at radius 3 is 2.90 bits per heavy atom. The molecule has 2 unspecified atom stereocenters. The van der Waals surface area contributed by atoms with Crippen molar-refractivity contribution >= 4 is 43.8 Å². The van der Waals surface area contributed by atoms with Crippen LogP contribution in [0.1, 0.15) is 19.3 Å². The second-order valence-electron chi connectivity index (χ2n) is 7.35. The van der Waals surface area contributed by atoms with Gasteiger partial charge in [0.25, 0.3) is 10.0 Å². The number of rotatable bonds is 7. The van der Waals surface area contributed by atoms with Crippen LogP contribution in [0.2, 0.25) is 5.02 Å². The Labute approximate surface area is 178 Å². The third-order valence-electron chi connectivity index (χ3n) is 5.72. The van der Waals surface area contributed by atoms with Crippen molar-refractivity contribution in [2.45, 2.75) is 36.2 Å². The van der Waals surface area contributed by atoms with E-state index in [1.54, 1.807) is 5.38 Å². The molecule has 29 heavy (non-hydrogen) atoms. The molecular formula is C18H22ClFN4O3S2. The Bertz CT molecular complexity index is 974. The van der Waals surface area contributed by atoms with Crippen LogP contribution in [0.15, 0.2) is 28.6 Å². The first-order valence-electron chi connectivity index (χ1n) is 9.41. The quantitative estimate of drug-likeness (QED) is 0.588. The molecule has 2 aliphatic heterocycles. The number of nitrogens with zero attached hydrogens (tertiary/aromatic N) is 2. The van der Waals surface area contributed by atoms with Crippen molar-refractivity contribution in [1.82, 2.24) is 9.88 Å². The Morgan fingerprint density at radius 2 is 2.17 bits per heavy atom. The molecule has 2 saturated heterocycles. The summed E-state index contributed by atoms with van der Waals surface area (Å²) in [5, 5.41) is 14.6. The van der Waals surface area contributed by atoms with Crippen LogP contribution >= 0.6 is 22.9 Å². The summed E-state index contributed by atoms with van der Waals surface area (Å²) in [5.41, 5.74) is 0.368. The molecule has 3 heterocycles. The number of halogens is 2. The molecule has 0 amide bonds. The van der Waals surface area contributed by atoms with Gasteiger partial charge in [-0.1, -0.05) is 11.6 Å². The lowest BCUT2D eigenvalue weighted by molar-refractivity contribution is 0.150. The van der Waals surface area contributed by atoms with E-state index in [1.807, 2.05) is 0 Å². The molecule has 0 radical (unpaired) electrons. The van der Waals surface area contributed by atoms with E-state index < -0.39 is 20.7 Å². The number of nitrogens with one attached hydrogen (secondary N) is 2. The molecule has 3 N–H and O–H groups in total. The molecule has 1 aromatic carbocycles. The van der Waals surface area contributed by atoms with Crippen LogP contribution in [0.3, 0.4) is 0 Å². The van der Waals surface area contributed by atoms with E-state index in [2.05, 4.69) is 19.9 Å². The van der Waals surface area contributed by atoms with E-state index in [-0.39, 0.29) is 22.8 Å². The maximum Gasteiger partial charge on any atom is 0.266 e. The van der Waals surface area contributed by atoms with Gasteiger partial charge in [0.15, 0.2) is 5.13 Å². The molecule has 0 spiro atoms. The number of aromatic nitrogens is 1. The molecule has 158 valence electrons. The number of hydrogen-bond acceptors (Lipinski definition) is 7. The van der Waals surface area contributed by atoms with Crippen molar-refractivity contribution < 1.29 is 17.9 Å². The van der Waals surface area contributed by atoms with E-state index in [9.17, 15) is 17.9 Å². The van der Waals surface area contributed by atoms with E-state index in [4.69, 9.17) is 11.6 Å². The Hall–Kier alpha value is -1.46. The highest BCUT2D eigenvalue weighted by Gasteiger charge is 2.42. The van der Waals surface area contributed by atoms with Gasteiger partial charge in [-0.2, -0.15) is 0 Å². The molecule has 3 atom stereocenters. The lowest BCUT2D eigenvalue weighted by atomic mass is 9.98. The number of anilines is 2. The first-order valence-corrected chi connectivity index (χ1v) is 12.1. The topological polar surface area (TPSA) is 94.6 Å². The molecule has 0 aliphatic carbocycles. The number of aliphatic hydroxyl groups excluding tert-OH is 1. The van der Waals surface area contributed by atoms with E-state index in [0.717, 1.165) is 49.3 Å². The van der Waals surface area contributed by atoms with Gasteiger partial charge in [0.2, 0.25) is 0 Å². The average Bonchev–Trinajstić information content (AvgIpc) is 3.40. The Kier molecular flexibility index (Phi) is 5.99. The summed E-state index contributed by atoms with van der Waals surface area (Å²) in [6.07, 6.45) is 4.49. The zero-order chi connectivity index (χ0) is 20.6. The molecule has 0 bridgehead atoms. The van der Waals surface area contributed by atoms with Gasteiger partial charge in [0.05, 0.1) is 17.3 Å². The van der Waals surface area contributed by atoms with Gasteiger partial charge in [-0.25, -0.2) is 17.8 Å². The monoisotopic (exact) mass is 460 g/mol. The minimum absolute atomic E-state index is 0.139. The number of aliphatic hydroxyl groups is 1. The first-order chi connectivity index (χ1) is 13.9. The highest BCUT2D eigenvalue weighted by molar-refractivity contribution is 7.93. The number of benzene rings is 1. The zero-order valence-corrected chi connectivity index (χ0v) is 17.9. The fourth-order valence-electron chi connectivity index (χ4n) is 4.32. The molecular weight excluding hydrogens is 439 g/mol. The lowest BCUT2D eigenvalue weighted by Crippen LogP contribution is -2.36. The van der Waals surface area contributed by atoms with Crippen LogP contribution in [0.4, 0.5) is 15.2 Å². The molecule has 7 nitrogen and oxygen atoms in total. The van der Waals surface area contributed by atoms with Crippen LogP contribution in [-0.4, -0.2) is 55.2 Å². The van der Waals surface area contributed by atoms with Crippen LogP contribution in [-0.2, 0) is 10.0 Å². The summed E-state index contributed by atoms with van der Waals surface area (Å²) in [5.74, 6) is -0.504. The van der Waals surface area contributed by atoms with E-state index >= 15 is 0 Å². The van der Waals surface area contributed by atoms with Gasteiger partial charge >= 0.3 is 0 Å². The number of hydrogen-bond donors (Lipinski definition) is 3. The largest absolute Gasteiger partial charge is 0.395 e. The summed E-state index contributed by atoms with van der Waals surface area (Å²) >= 11 is 7.35. The first kappa shape index (κ1) is 20.8. The minimum Gasteiger partial charge on any atom is -0.395 e. The van der Waals surface area contributed by atoms with Crippen molar-refractivity contribution in [2.24, 2.45) is 5.92 Å². The van der Waals surface area contributed by atoms with E-state index in [0.29, 0.717) is 24.2 Å². The maximum absolute atomic E-state index is 14.6. The van der Waals surface area contributed by atoms with Gasteiger partial charge < -0.3 is 10.4 Å². The van der Waals surface area contributed by atoms with Crippen molar-refractivity contribution in [3.8, 4) is 0 Å². The zero-order valence-electron chi connectivity index (χ0n) is 15.5. The number of sulfonamides is 1. The van der Waals surface area contributed by atoms with Crippen molar-refractivity contribution in [1.29, 1.82) is 0 Å². The second-order valence-corrected chi connectivity index (χ2v) is 10.3. The molecule has 4 rings (SSSR count). The van der Waals surface area contributed by atoms with Crippen LogP contribution in [0.5, 0.6) is 0 Å². The highest BCUT2D eigenvalue weighted by atomic mass is 35.5. The van der Waals surface area contributed by atoms with Crippen molar-refractivity contribution in [3.63, 3.8) is 0 Å². The van der Waals surface area contributed by atoms with Crippen molar-refractivity contribution in [2.75, 3.05) is 29.7 Å². The summed E-state index contributed by atoms with van der Waals surface area (Å²) in [4.78, 5) is 5.69. The number of fused-ring (bicyclic) bond motifs is 1. The normalized spacial score (nSPS) is 24.6. The fraction of sp³-hybridized carbons (Fsp3) is 0.500. The van der Waals surface area contributed by atoms with Gasteiger partial charge in [-0.05, 0) is 43.9 Å². The molecule has 2 aromatic rings. The molecule has 1 aromatic heterocycles. The van der Waals surface area contributed by atoms with Gasteiger partial charge in [0, 0.05) is 30.2 Å². The van der Waals surface area contributed by atoms with Crippen LogP contribution in [0, 0.1) is 11.7 Å². The molecule has 11 heteroatoms. The van der Waals surface area contributed by atoms with Crippen LogP contribution in [0.25, 0.3) is 0 Å². The number of thiazole rings is 1. The van der Waals surface area contributed by atoms with E-state index in [1.165, 1.54) is 6.20 Å². The predicted molar refractivity (Wildman–Crippen MR) is 112 cm³/mol. The van der Waals surface area contributed by atoms with Crippen molar-refractivity contribution in [3.05, 3.63) is 34.5 Å². The summed E-state index contributed by atoms with van der Waals surface area (Å²) in [6.45, 7) is 1.74. The molecule has 0 saturated carbocycles. The maximum atomic E-state index is 14.6. The van der Waals surface area contributed by atoms with Gasteiger partial charge in [0.1, 0.15) is 10.7 Å².